The van der Waals surface area contributed by atoms with E-state index in [0.717, 1.165) is 5.23 Å². The minimum atomic E-state index is -1.17. The third-order valence-corrected chi connectivity index (χ3v) is 4.65. The summed E-state index contributed by atoms with van der Waals surface area (Å²) in [6.07, 6.45) is 0. The topological polar surface area (TPSA) is 3.24 Å². The van der Waals surface area contributed by atoms with Crippen LogP contribution in [0.1, 0.15) is 0 Å². The van der Waals surface area contributed by atoms with E-state index >= 15 is 0 Å². The second-order valence-corrected chi connectivity index (χ2v) is 10.3. The molecule has 11 heavy (non-hydrogen) atoms. The van der Waals surface area contributed by atoms with Crippen LogP contribution in [0.4, 0.5) is 0 Å². The lowest BCUT2D eigenvalue weighted by molar-refractivity contribution is 1.01. The maximum atomic E-state index is 3.59. The predicted octanol–water partition coefficient (Wildman–Crippen LogP) is 2.61. The van der Waals surface area contributed by atoms with Gasteiger partial charge in [-0.2, -0.15) is 0 Å². The number of nitrogens with zero attached hydrogens (tertiary/aromatic N) is 1. The SMILES string of the molecule is CB(Br)N([B]CBr)[Si](C)(C)C. The first-order chi connectivity index (χ1) is 4.89. The summed E-state index contributed by atoms with van der Waals surface area (Å²) >= 11 is 7.00. The molecule has 0 amide bonds. The number of halogens is 2. The third kappa shape index (κ3) is 4.75. The molecule has 1 nitrogen and oxygen atoms in total. The molecule has 0 aromatic heterocycles. The maximum Gasteiger partial charge on any atom is 0.281 e. The Bertz CT molecular complexity index is 118. The van der Waals surface area contributed by atoms with Gasteiger partial charge in [-0.25, -0.2) is 0 Å². The van der Waals surface area contributed by atoms with Crippen LogP contribution in [0.15, 0.2) is 0 Å². The largest absolute Gasteiger partial charge is 0.402 e. The highest BCUT2D eigenvalue weighted by Crippen LogP contribution is 2.13. The average molecular weight is 298 g/mol. The zero-order chi connectivity index (χ0) is 9.07. The van der Waals surface area contributed by atoms with Crippen molar-refractivity contribution >= 4 is 53.0 Å². The first-order valence-electron chi connectivity index (χ1n) is 3.71. The fourth-order valence-corrected chi connectivity index (χ4v) is 5.32. The van der Waals surface area contributed by atoms with E-state index in [1.165, 1.54) is 0 Å². The molecule has 1 radical (unpaired) electrons. The molecule has 0 unspecified atom stereocenters. The molecule has 0 saturated heterocycles. The molecule has 63 valence electrons. The molecule has 0 aliphatic rings. The highest BCUT2D eigenvalue weighted by atomic mass is 79.9. The Morgan fingerprint density at radius 1 is 1.45 bits per heavy atom. The molecule has 0 fully saturated rings. The van der Waals surface area contributed by atoms with Crippen molar-refractivity contribution in [3.8, 4) is 0 Å². The van der Waals surface area contributed by atoms with Gasteiger partial charge in [0.15, 0.2) is 0 Å². The van der Waals surface area contributed by atoms with Gasteiger partial charge < -0.3 is 4.39 Å². The number of hydrogen-bond donors (Lipinski definition) is 0. The van der Waals surface area contributed by atoms with Crippen molar-refractivity contribution in [1.29, 1.82) is 0 Å². The number of alkyl halides is 1. The lowest BCUT2D eigenvalue weighted by Crippen LogP contribution is -2.53. The van der Waals surface area contributed by atoms with Crippen molar-refractivity contribution in [3.63, 3.8) is 0 Å². The highest BCUT2D eigenvalue weighted by molar-refractivity contribution is 9.24. The van der Waals surface area contributed by atoms with Gasteiger partial charge in [0.25, 0.3) is 5.67 Å². The minimum absolute atomic E-state index is 0.451. The summed E-state index contributed by atoms with van der Waals surface area (Å²) in [5.41, 5.74) is 0.451. The fraction of sp³-hybridized carbons (Fsp3) is 1.00. The molecule has 0 atom stereocenters. The van der Waals surface area contributed by atoms with E-state index in [2.05, 4.69) is 70.0 Å². The van der Waals surface area contributed by atoms with Crippen LogP contribution >= 0.6 is 31.7 Å². The van der Waals surface area contributed by atoms with Crippen LogP contribution in [0.5, 0.6) is 0 Å². The van der Waals surface area contributed by atoms with Gasteiger partial charge in [0.1, 0.15) is 0 Å². The first-order valence-corrected chi connectivity index (χ1v) is 9.20. The van der Waals surface area contributed by atoms with E-state index in [1.807, 2.05) is 0 Å². The second kappa shape index (κ2) is 5.10. The van der Waals surface area contributed by atoms with Crippen LogP contribution in [-0.2, 0) is 0 Å². The Balaban J connectivity index is 4.10. The van der Waals surface area contributed by atoms with Crippen molar-refractivity contribution in [2.45, 2.75) is 26.5 Å². The van der Waals surface area contributed by atoms with Gasteiger partial charge >= 0.3 is 0 Å². The summed E-state index contributed by atoms with van der Waals surface area (Å²) in [5, 5.41) is 0.938. The van der Waals surface area contributed by atoms with Gasteiger partial charge in [-0.1, -0.05) is 26.5 Å². The van der Waals surface area contributed by atoms with Crippen molar-refractivity contribution in [1.82, 2.24) is 4.39 Å². The van der Waals surface area contributed by atoms with Crippen LogP contribution in [0.3, 0.4) is 0 Å². The molecule has 0 aliphatic heterocycles. The van der Waals surface area contributed by atoms with E-state index in [1.54, 1.807) is 0 Å². The minimum Gasteiger partial charge on any atom is -0.402 e. The molecule has 0 aromatic carbocycles. The molecule has 0 rings (SSSR count). The van der Waals surface area contributed by atoms with E-state index < -0.39 is 8.24 Å². The molecule has 0 saturated carbocycles. The zero-order valence-electron chi connectivity index (χ0n) is 7.56. The summed E-state index contributed by atoms with van der Waals surface area (Å²) in [6, 6.07) is 0. The van der Waals surface area contributed by atoms with Gasteiger partial charge in [-0.15, -0.1) is 31.7 Å². The van der Waals surface area contributed by atoms with Crippen molar-refractivity contribution in [2.75, 3.05) is 5.23 Å². The maximum absolute atomic E-state index is 3.59. The van der Waals surface area contributed by atoms with Crippen LogP contribution in [-0.4, -0.2) is 30.9 Å². The lowest BCUT2D eigenvalue weighted by Gasteiger charge is -2.35. The molecular weight excluding hydrogens is 284 g/mol. The summed E-state index contributed by atoms with van der Waals surface area (Å²) in [5.74, 6) is 0. The highest BCUT2D eigenvalue weighted by Gasteiger charge is 2.27. The molecule has 0 bridgehead atoms. The van der Waals surface area contributed by atoms with Gasteiger partial charge in [0.05, 0.1) is 8.24 Å². The summed E-state index contributed by atoms with van der Waals surface area (Å²) in [6.45, 7) is 9.18. The smallest absolute Gasteiger partial charge is 0.281 e. The molecule has 0 aromatic rings. The Hall–Kier alpha value is 1.27. The van der Waals surface area contributed by atoms with Crippen molar-refractivity contribution in [3.05, 3.63) is 0 Å². The molecule has 6 heteroatoms. The van der Waals surface area contributed by atoms with E-state index in [0.29, 0.717) is 5.67 Å². The van der Waals surface area contributed by atoms with Gasteiger partial charge in [-0.05, 0) is 5.23 Å². The Morgan fingerprint density at radius 2 is 1.91 bits per heavy atom. The van der Waals surface area contributed by atoms with E-state index in [4.69, 9.17) is 0 Å². The summed E-state index contributed by atoms with van der Waals surface area (Å²) in [4.78, 5) is 0. The van der Waals surface area contributed by atoms with Gasteiger partial charge in [0, 0.05) is 0 Å². The van der Waals surface area contributed by atoms with Crippen LogP contribution in [0, 0.1) is 0 Å². The van der Waals surface area contributed by atoms with Crippen molar-refractivity contribution < 1.29 is 0 Å². The first kappa shape index (κ1) is 12.3. The third-order valence-electron chi connectivity index (χ3n) is 1.42. The molecule has 0 spiro atoms. The molecule has 0 aliphatic carbocycles. The van der Waals surface area contributed by atoms with Gasteiger partial charge in [0.2, 0.25) is 7.41 Å². The van der Waals surface area contributed by atoms with E-state index in [-0.39, 0.29) is 0 Å². The van der Waals surface area contributed by atoms with Crippen LogP contribution in [0.25, 0.3) is 0 Å². The van der Waals surface area contributed by atoms with Crippen LogP contribution < -0.4 is 0 Å². The molecular formula is C5H14B2Br2NSi. The predicted molar refractivity (Wildman–Crippen MR) is 65.3 cm³/mol. The van der Waals surface area contributed by atoms with Crippen LogP contribution in [0.2, 0.25) is 26.5 Å². The average Bonchev–Trinajstić information content (AvgIpc) is 1.79. The van der Waals surface area contributed by atoms with Gasteiger partial charge in [-0.3, -0.25) is 0 Å². The summed E-state index contributed by atoms with van der Waals surface area (Å²) < 4.78 is 2.42. The number of rotatable bonds is 4. The Morgan fingerprint density at radius 3 is 2.00 bits per heavy atom. The molecule has 0 N–H and O–H groups in total. The number of hydrogen-bond acceptors (Lipinski definition) is 1. The van der Waals surface area contributed by atoms with Crippen molar-refractivity contribution in [2.24, 2.45) is 0 Å². The Labute approximate surface area is 88.9 Å². The second-order valence-electron chi connectivity index (χ2n) is 3.49. The lowest BCUT2D eigenvalue weighted by atomic mass is 9.85. The standard InChI is InChI=1S/C5H14B2Br2NSi/c1-7(9)10(6-5-8)11(2,3)4/h5H2,1-4H3. The zero-order valence-corrected chi connectivity index (χ0v) is 11.7. The fourth-order valence-electron chi connectivity index (χ4n) is 1.03. The quantitative estimate of drug-likeness (QED) is 0.569. The van der Waals surface area contributed by atoms with E-state index in [9.17, 15) is 0 Å². The normalized spacial score (nSPS) is 11.9. The molecule has 0 heterocycles. The monoisotopic (exact) mass is 296 g/mol. The summed E-state index contributed by atoms with van der Waals surface area (Å²) in [7, 11) is 1.04. The Kier molecular flexibility index (Phi) is 5.68.